The Hall–Kier alpha value is -0.590. The third-order valence-electron chi connectivity index (χ3n) is 1.97. The van der Waals surface area contributed by atoms with Crippen LogP contribution in [-0.4, -0.2) is 6.17 Å². The fraction of sp³-hybridized carbons (Fsp3) is 0.600. The van der Waals surface area contributed by atoms with Crippen molar-refractivity contribution in [3.05, 3.63) is 24.3 Å². The van der Waals surface area contributed by atoms with E-state index in [0.717, 1.165) is 12.8 Å². The molecule has 11 heavy (non-hydrogen) atoms. The Morgan fingerprint density at radius 3 is 2.64 bits per heavy atom. The fourth-order valence-electron chi connectivity index (χ4n) is 1.32. The molecule has 0 saturated carbocycles. The Kier molecular flexibility index (Phi) is 3.34. The average molecular weight is 154 g/mol. The minimum Gasteiger partial charge on any atom is -0.246 e. The van der Waals surface area contributed by atoms with Gasteiger partial charge in [-0.05, 0) is 12.8 Å². The van der Waals surface area contributed by atoms with Crippen molar-refractivity contribution in [1.29, 1.82) is 0 Å². The number of hydrogen-bond donors (Lipinski definition) is 0. The molecule has 0 heterocycles. The van der Waals surface area contributed by atoms with Gasteiger partial charge >= 0.3 is 0 Å². The van der Waals surface area contributed by atoms with E-state index < -0.39 is 6.17 Å². The Morgan fingerprint density at radius 1 is 1.45 bits per heavy atom. The van der Waals surface area contributed by atoms with Gasteiger partial charge in [0.2, 0.25) is 0 Å². The van der Waals surface area contributed by atoms with Gasteiger partial charge in [0.15, 0.2) is 0 Å². The molecule has 0 N–H and O–H groups in total. The molecule has 0 spiro atoms. The standard InChI is InChI=1S/C10H15F/c1-2-6-10(11)9-7-4-3-5-8-9/h4-5,7-10H,2-3,6H2,1H3. The Morgan fingerprint density at radius 2 is 2.09 bits per heavy atom. The second-order valence-corrected chi connectivity index (χ2v) is 2.97. The summed E-state index contributed by atoms with van der Waals surface area (Å²) in [4.78, 5) is 0. The van der Waals surface area contributed by atoms with Crippen LogP contribution < -0.4 is 0 Å². The van der Waals surface area contributed by atoms with Crippen LogP contribution in [0.3, 0.4) is 0 Å². The number of allylic oxidation sites excluding steroid dienone is 4. The molecule has 0 aromatic heterocycles. The maximum absolute atomic E-state index is 13.2. The first-order valence-electron chi connectivity index (χ1n) is 4.32. The summed E-state index contributed by atoms with van der Waals surface area (Å²) in [5, 5.41) is 0. The van der Waals surface area contributed by atoms with Gasteiger partial charge in [-0.2, -0.15) is 0 Å². The van der Waals surface area contributed by atoms with E-state index in [0.29, 0.717) is 6.42 Å². The predicted molar refractivity (Wildman–Crippen MR) is 46.2 cm³/mol. The molecule has 0 saturated heterocycles. The largest absolute Gasteiger partial charge is 0.246 e. The zero-order valence-corrected chi connectivity index (χ0v) is 6.96. The van der Waals surface area contributed by atoms with Crippen molar-refractivity contribution in [2.24, 2.45) is 5.92 Å². The van der Waals surface area contributed by atoms with Crippen LogP contribution in [0.15, 0.2) is 24.3 Å². The molecule has 1 aliphatic rings. The van der Waals surface area contributed by atoms with Crippen LogP contribution in [0.2, 0.25) is 0 Å². The SMILES string of the molecule is CCCC(F)C1C=CCC=C1. The average Bonchev–Trinajstić information content (AvgIpc) is 2.07. The lowest BCUT2D eigenvalue weighted by Crippen LogP contribution is -2.12. The van der Waals surface area contributed by atoms with Crippen LogP contribution >= 0.6 is 0 Å². The highest BCUT2D eigenvalue weighted by Gasteiger charge is 2.14. The molecule has 1 atom stereocenters. The van der Waals surface area contributed by atoms with Crippen molar-refractivity contribution in [3.63, 3.8) is 0 Å². The predicted octanol–water partition coefficient (Wildman–Crippen LogP) is 3.26. The van der Waals surface area contributed by atoms with Gasteiger partial charge < -0.3 is 0 Å². The van der Waals surface area contributed by atoms with Gasteiger partial charge in [-0.25, -0.2) is 4.39 Å². The van der Waals surface area contributed by atoms with Crippen LogP contribution in [0.5, 0.6) is 0 Å². The van der Waals surface area contributed by atoms with E-state index in [1.54, 1.807) is 0 Å². The normalized spacial score (nSPS) is 20.5. The lowest BCUT2D eigenvalue weighted by molar-refractivity contribution is 0.272. The lowest BCUT2D eigenvalue weighted by atomic mass is 9.95. The summed E-state index contributed by atoms with van der Waals surface area (Å²) in [6.45, 7) is 2.02. The zero-order chi connectivity index (χ0) is 8.10. The first-order valence-corrected chi connectivity index (χ1v) is 4.32. The first kappa shape index (κ1) is 8.51. The molecule has 1 unspecified atom stereocenters. The number of hydrogen-bond acceptors (Lipinski definition) is 0. The molecule has 0 fully saturated rings. The minimum absolute atomic E-state index is 0.0451. The fourth-order valence-corrected chi connectivity index (χ4v) is 1.32. The molecule has 0 bridgehead atoms. The smallest absolute Gasteiger partial charge is 0.110 e. The highest BCUT2D eigenvalue weighted by atomic mass is 19.1. The number of halogens is 1. The van der Waals surface area contributed by atoms with E-state index in [1.165, 1.54) is 0 Å². The summed E-state index contributed by atoms with van der Waals surface area (Å²) >= 11 is 0. The van der Waals surface area contributed by atoms with Gasteiger partial charge in [0.1, 0.15) is 6.17 Å². The van der Waals surface area contributed by atoms with Crippen LogP contribution in [0, 0.1) is 5.92 Å². The first-order chi connectivity index (χ1) is 5.34. The Bertz CT molecular complexity index is 146. The van der Waals surface area contributed by atoms with Crippen molar-refractivity contribution in [3.8, 4) is 0 Å². The maximum Gasteiger partial charge on any atom is 0.110 e. The van der Waals surface area contributed by atoms with Crippen molar-refractivity contribution in [2.75, 3.05) is 0 Å². The van der Waals surface area contributed by atoms with Gasteiger partial charge in [0, 0.05) is 5.92 Å². The van der Waals surface area contributed by atoms with Gasteiger partial charge in [-0.15, -0.1) is 0 Å². The molecule has 0 nitrogen and oxygen atoms in total. The van der Waals surface area contributed by atoms with E-state index in [-0.39, 0.29) is 5.92 Å². The van der Waals surface area contributed by atoms with Crippen LogP contribution in [0.4, 0.5) is 4.39 Å². The molecular formula is C10H15F. The molecule has 62 valence electrons. The van der Waals surface area contributed by atoms with Crippen LogP contribution in [-0.2, 0) is 0 Å². The number of rotatable bonds is 3. The highest BCUT2D eigenvalue weighted by molar-refractivity contribution is 5.10. The maximum atomic E-state index is 13.2. The van der Waals surface area contributed by atoms with Gasteiger partial charge in [0.05, 0.1) is 0 Å². The summed E-state index contributed by atoms with van der Waals surface area (Å²) in [6, 6.07) is 0. The van der Waals surface area contributed by atoms with Gasteiger partial charge in [-0.1, -0.05) is 37.6 Å². The van der Waals surface area contributed by atoms with E-state index in [1.807, 2.05) is 31.2 Å². The monoisotopic (exact) mass is 154 g/mol. The van der Waals surface area contributed by atoms with E-state index in [2.05, 4.69) is 0 Å². The van der Waals surface area contributed by atoms with Crippen molar-refractivity contribution in [2.45, 2.75) is 32.4 Å². The number of alkyl halides is 1. The minimum atomic E-state index is -0.673. The molecule has 1 heteroatoms. The molecular weight excluding hydrogens is 139 g/mol. The molecule has 0 amide bonds. The van der Waals surface area contributed by atoms with E-state index in [4.69, 9.17) is 0 Å². The van der Waals surface area contributed by atoms with Gasteiger partial charge in [0.25, 0.3) is 0 Å². The van der Waals surface area contributed by atoms with E-state index >= 15 is 0 Å². The van der Waals surface area contributed by atoms with Crippen molar-refractivity contribution in [1.82, 2.24) is 0 Å². The summed E-state index contributed by atoms with van der Waals surface area (Å²) in [7, 11) is 0. The molecule has 0 aliphatic heterocycles. The topological polar surface area (TPSA) is 0 Å². The zero-order valence-electron chi connectivity index (χ0n) is 6.96. The highest BCUT2D eigenvalue weighted by Crippen LogP contribution is 2.19. The second kappa shape index (κ2) is 4.32. The van der Waals surface area contributed by atoms with E-state index in [9.17, 15) is 4.39 Å². The summed E-state index contributed by atoms with van der Waals surface area (Å²) in [5.74, 6) is 0.0451. The van der Waals surface area contributed by atoms with Crippen molar-refractivity contribution < 1.29 is 4.39 Å². The molecule has 0 radical (unpaired) electrons. The Balaban J connectivity index is 2.39. The molecule has 0 aromatic carbocycles. The Labute approximate surface area is 67.8 Å². The lowest BCUT2D eigenvalue weighted by Gasteiger charge is -2.14. The summed E-state index contributed by atoms with van der Waals surface area (Å²) < 4.78 is 13.2. The van der Waals surface area contributed by atoms with Crippen LogP contribution in [0.25, 0.3) is 0 Å². The summed E-state index contributed by atoms with van der Waals surface area (Å²) in [6.07, 6.45) is 9.92. The van der Waals surface area contributed by atoms with Crippen molar-refractivity contribution >= 4 is 0 Å². The van der Waals surface area contributed by atoms with Crippen LogP contribution in [0.1, 0.15) is 26.2 Å². The third kappa shape index (κ3) is 2.49. The summed E-state index contributed by atoms with van der Waals surface area (Å²) in [5.41, 5.74) is 0. The third-order valence-corrected chi connectivity index (χ3v) is 1.97. The molecule has 1 aliphatic carbocycles. The molecule has 0 aromatic rings. The van der Waals surface area contributed by atoms with Gasteiger partial charge in [-0.3, -0.25) is 0 Å². The quantitative estimate of drug-likeness (QED) is 0.547. The molecule has 1 rings (SSSR count). The second-order valence-electron chi connectivity index (χ2n) is 2.97.